The van der Waals surface area contributed by atoms with Crippen LogP contribution in [0.4, 0.5) is 6.01 Å². The van der Waals surface area contributed by atoms with Crippen LogP contribution in [0, 0.1) is 11.8 Å². The molecule has 2 aromatic rings. The number of anilines is 1. The molecule has 1 aromatic carbocycles. The van der Waals surface area contributed by atoms with E-state index in [2.05, 4.69) is 9.88 Å². The molecule has 2 aliphatic rings. The van der Waals surface area contributed by atoms with Crippen molar-refractivity contribution in [1.82, 2.24) is 9.88 Å². The summed E-state index contributed by atoms with van der Waals surface area (Å²) < 4.78 is 11.3. The van der Waals surface area contributed by atoms with Crippen molar-refractivity contribution in [2.24, 2.45) is 11.8 Å². The summed E-state index contributed by atoms with van der Waals surface area (Å²) in [6, 6.07) is 6.03. The van der Waals surface area contributed by atoms with Crippen molar-refractivity contribution in [2.75, 3.05) is 44.8 Å². The van der Waals surface area contributed by atoms with Crippen molar-refractivity contribution in [3.8, 4) is 0 Å². The Bertz CT molecular complexity index is 818. The summed E-state index contributed by atoms with van der Waals surface area (Å²) in [6.07, 6.45) is 5.17. The van der Waals surface area contributed by atoms with E-state index >= 15 is 0 Å². The number of hydrogen-bond donors (Lipinski definition) is 0. The number of nitrogens with zero attached hydrogens (tertiary/aromatic N) is 3. The fourth-order valence-corrected chi connectivity index (χ4v) is 4.38. The minimum atomic E-state index is -0.00737. The van der Waals surface area contributed by atoms with Crippen LogP contribution in [0.25, 0.3) is 11.1 Å². The van der Waals surface area contributed by atoms with Crippen molar-refractivity contribution in [3.05, 3.63) is 23.2 Å². The molecule has 2 saturated heterocycles. The summed E-state index contributed by atoms with van der Waals surface area (Å²) in [5.74, 6) is 0.904. The van der Waals surface area contributed by atoms with Gasteiger partial charge in [0.1, 0.15) is 5.52 Å². The van der Waals surface area contributed by atoms with Crippen LogP contribution in [0.3, 0.4) is 0 Å². The highest BCUT2D eigenvalue weighted by Crippen LogP contribution is 2.28. The quantitative estimate of drug-likeness (QED) is 0.753. The standard InChI is InChI=1S/C21H28ClN3O3/c1-24(10-6-15-7-11-27-12-8-15)20(26)16-3-2-9-25(14-16)21-23-18-13-17(22)4-5-19(18)28-21/h4-5,13,15-16H,2-3,6-12,14H2,1H3. The fraction of sp³-hybridized carbons (Fsp3) is 0.619. The molecule has 1 atom stereocenters. The van der Waals surface area contributed by atoms with E-state index in [1.807, 2.05) is 18.0 Å². The van der Waals surface area contributed by atoms with E-state index in [0.29, 0.717) is 23.5 Å². The number of benzene rings is 1. The van der Waals surface area contributed by atoms with Gasteiger partial charge in [-0.2, -0.15) is 4.98 Å². The van der Waals surface area contributed by atoms with Gasteiger partial charge in [-0.15, -0.1) is 0 Å². The van der Waals surface area contributed by atoms with Gasteiger partial charge in [0.15, 0.2) is 5.58 Å². The third-order valence-corrected chi connectivity index (χ3v) is 6.20. The maximum absolute atomic E-state index is 13.0. The summed E-state index contributed by atoms with van der Waals surface area (Å²) in [5, 5.41) is 0.644. The van der Waals surface area contributed by atoms with Gasteiger partial charge in [-0.25, -0.2) is 0 Å². The molecule has 0 saturated carbocycles. The first-order chi connectivity index (χ1) is 13.6. The number of aromatic nitrogens is 1. The van der Waals surface area contributed by atoms with Crippen molar-refractivity contribution < 1.29 is 13.9 Å². The number of oxazole rings is 1. The summed E-state index contributed by atoms with van der Waals surface area (Å²) in [6.45, 7) is 4.05. The van der Waals surface area contributed by atoms with Gasteiger partial charge in [0, 0.05) is 44.9 Å². The molecule has 0 spiro atoms. The molecule has 0 radical (unpaired) electrons. The minimum absolute atomic E-state index is 0.00737. The molecule has 1 unspecified atom stereocenters. The first-order valence-corrected chi connectivity index (χ1v) is 10.6. The third kappa shape index (κ3) is 4.44. The Balaban J connectivity index is 1.36. The van der Waals surface area contributed by atoms with Gasteiger partial charge >= 0.3 is 0 Å². The Hall–Kier alpha value is -1.79. The van der Waals surface area contributed by atoms with Gasteiger partial charge in [-0.1, -0.05) is 11.6 Å². The second-order valence-electron chi connectivity index (χ2n) is 8.00. The van der Waals surface area contributed by atoms with Crippen LogP contribution in [-0.2, 0) is 9.53 Å². The molecular weight excluding hydrogens is 378 g/mol. The Kier molecular flexibility index (Phi) is 6.07. The number of rotatable bonds is 5. The lowest BCUT2D eigenvalue weighted by Gasteiger charge is -2.33. The fourth-order valence-electron chi connectivity index (χ4n) is 4.21. The average molecular weight is 406 g/mol. The van der Waals surface area contributed by atoms with E-state index < -0.39 is 0 Å². The summed E-state index contributed by atoms with van der Waals surface area (Å²) in [4.78, 5) is 21.5. The van der Waals surface area contributed by atoms with E-state index in [9.17, 15) is 4.79 Å². The van der Waals surface area contributed by atoms with Crippen LogP contribution in [0.2, 0.25) is 5.02 Å². The van der Waals surface area contributed by atoms with Gasteiger partial charge in [0.05, 0.1) is 5.92 Å². The molecule has 28 heavy (non-hydrogen) atoms. The lowest BCUT2D eigenvalue weighted by atomic mass is 9.94. The van der Waals surface area contributed by atoms with Gasteiger partial charge in [0.25, 0.3) is 6.01 Å². The van der Waals surface area contributed by atoms with Crippen molar-refractivity contribution in [1.29, 1.82) is 0 Å². The highest BCUT2D eigenvalue weighted by Gasteiger charge is 2.30. The number of ether oxygens (including phenoxy) is 1. The molecule has 0 aliphatic carbocycles. The lowest BCUT2D eigenvalue weighted by molar-refractivity contribution is -0.134. The average Bonchev–Trinajstić information content (AvgIpc) is 3.15. The molecule has 0 bridgehead atoms. The van der Waals surface area contributed by atoms with Gasteiger partial charge in [-0.3, -0.25) is 4.79 Å². The van der Waals surface area contributed by atoms with Gasteiger partial charge in [-0.05, 0) is 56.2 Å². The van der Waals surface area contributed by atoms with E-state index in [4.69, 9.17) is 20.8 Å². The SMILES string of the molecule is CN(CCC1CCOCC1)C(=O)C1CCCN(c2nc3cc(Cl)ccc3o2)C1. The summed E-state index contributed by atoms with van der Waals surface area (Å²) in [7, 11) is 1.93. The normalized spacial score (nSPS) is 21.2. The Labute approximate surface area is 170 Å². The largest absolute Gasteiger partial charge is 0.423 e. The van der Waals surface area contributed by atoms with Crippen LogP contribution >= 0.6 is 11.6 Å². The van der Waals surface area contributed by atoms with Crippen molar-refractivity contribution >= 4 is 34.6 Å². The number of amides is 1. The number of halogens is 1. The predicted octanol–water partition coefficient (Wildman–Crippen LogP) is 3.97. The molecule has 0 N–H and O–H groups in total. The van der Waals surface area contributed by atoms with Crippen LogP contribution < -0.4 is 4.90 Å². The van der Waals surface area contributed by atoms with Crippen LogP contribution in [0.5, 0.6) is 0 Å². The number of hydrogen-bond acceptors (Lipinski definition) is 5. The predicted molar refractivity (Wildman–Crippen MR) is 110 cm³/mol. The van der Waals surface area contributed by atoms with Crippen LogP contribution in [-0.4, -0.2) is 55.7 Å². The van der Waals surface area contributed by atoms with Crippen LogP contribution in [0.15, 0.2) is 22.6 Å². The highest BCUT2D eigenvalue weighted by atomic mass is 35.5. The van der Waals surface area contributed by atoms with Crippen LogP contribution in [0.1, 0.15) is 32.1 Å². The molecular formula is C21H28ClN3O3. The molecule has 6 nitrogen and oxygen atoms in total. The molecule has 2 fully saturated rings. The van der Waals surface area contributed by atoms with Gasteiger partial charge < -0.3 is 19.0 Å². The van der Waals surface area contributed by atoms with E-state index in [1.165, 1.54) is 0 Å². The molecule has 2 aliphatic heterocycles. The number of carbonyl (C=O) groups excluding carboxylic acids is 1. The first-order valence-electron chi connectivity index (χ1n) is 10.2. The second kappa shape index (κ2) is 8.70. The maximum atomic E-state index is 13.0. The molecule has 3 heterocycles. The zero-order chi connectivity index (χ0) is 19.5. The summed E-state index contributed by atoms with van der Waals surface area (Å²) in [5.41, 5.74) is 1.48. The van der Waals surface area contributed by atoms with E-state index in [-0.39, 0.29) is 11.8 Å². The maximum Gasteiger partial charge on any atom is 0.298 e. The van der Waals surface area contributed by atoms with E-state index in [1.54, 1.807) is 12.1 Å². The number of fused-ring (bicyclic) bond motifs is 1. The van der Waals surface area contributed by atoms with E-state index in [0.717, 1.165) is 69.5 Å². The van der Waals surface area contributed by atoms with Crippen molar-refractivity contribution in [3.63, 3.8) is 0 Å². The molecule has 7 heteroatoms. The second-order valence-corrected chi connectivity index (χ2v) is 8.43. The Morgan fingerprint density at radius 2 is 2.14 bits per heavy atom. The monoisotopic (exact) mass is 405 g/mol. The Morgan fingerprint density at radius 1 is 1.32 bits per heavy atom. The lowest BCUT2D eigenvalue weighted by Crippen LogP contribution is -2.44. The molecule has 4 rings (SSSR count). The zero-order valence-corrected chi connectivity index (χ0v) is 17.2. The molecule has 152 valence electrons. The number of piperidine rings is 1. The molecule has 1 amide bonds. The topological polar surface area (TPSA) is 58.8 Å². The smallest absolute Gasteiger partial charge is 0.298 e. The Morgan fingerprint density at radius 3 is 2.96 bits per heavy atom. The summed E-state index contributed by atoms with van der Waals surface area (Å²) >= 11 is 6.05. The number of carbonyl (C=O) groups is 1. The third-order valence-electron chi connectivity index (χ3n) is 5.97. The zero-order valence-electron chi connectivity index (χ0n) is 16.4. The first kappa shape index (κ1) is 19.5. The minimum Gasteiger partial charge on any atom is -0.423 e. The highest BCUT2D eigenvalue weighted by molar-refractivity contribution is 6.31. The van der Waals surface area contributed by atoms with Gasteiger partial charge in [0.2, 0.25) is 5.91 Å². The van der Waals surface area contributed by atoms with Crippen molar-refractivity contribution in [2.45, 2.75) is 32.1 Å². The molecule has 1 aromatic heterocycles.